The normalized spacial score (nSPS) is 19.5. The molecular weight excluding hydrogens is 294 g/mol. The van der Waals surface area contributed by atoms with Crippen LogP contribution in [0.25, 0.3) is 0 Å². The van der Waals surface area contributed by atoms with Crippen LogP contribution in [0.1, 0.15) is 103 Å². The van der Waals surface area contributed by atoms with Crippen LogP contribution in [-0.2, 0) is 0 Å². The molecular formula is C21H41N3. The Morgan fingerprint density at radius 2 is 1.38 bits per heavy atom. The van der Waals surface area contributed by atoms with Crippen LogP contribution < -0.4 is 0 Å². The molecule has 2 fully saturated rings. The first-order valence-corrected chi connectivity index (χ1v) is 10.9. The number of hydrogen-bond acceptors (Lipinski definition) is 1. The molecule has 140 valence electrons. The van der Waals surface area contributed by atoms with Gasteiger partial charge in [-0.05, 0) is 19.3 Å². The number of guanidine groups is 1. The van der Waals surface area contributed by atoms with Crippen molar-refractivity contribution in [3.63, 3.8) is 0 Å². The van der Waals surface area contributed by atoms with Crippen LogP contribution in [0.2, 0.25) is 0 Å². The minimum Gasteiger partial charge on any atom is -0.341 e. The number of nitrogens with one attached hydrogen (secondary N) is 1. The fourth-order valence-electron chi connectivity index (χ4n) is 4.38. The molecule has 0 radical (unpaired) electrons. The third-order valence-electron chi connectivity index (χ3n) is 5.98. The van der Waals surface area contributed by atoms with Crippen LogP contribution in [0.4, 0.5) is 0 Å². The van der Waals surface area contributed by atoms with Gasteiger partial charge in [0.1, 0.15) is 0 Å². The highest BCUT2D eigenvalue weighted by Gasteiger charge is 2.30. The van der Waals surface area contributed by atoms with Crippen molar-refractivity contribution in [2.45, 2.75) is 109 Å². The Morgan fingerprint density at radius 1 is 0.792 bits per heavy atom. The van der Waals surface area contributed by atoms with Gasteiger partial charge in [-0.25, -0.2) is 0 Å². The maximum Gasteiger partial charge on any atom is 0.194 e. The van der Waals surface area contributed by atoms with E-state index in [9.17, 15) is 0 Å². The van der Waals surface area contributed by atoms with E-state index in [0.717, 1.165) is 25.6 Å². The maximum atomic E-state index is 8.48. The molecule has 0 amide bonds. The van der Waals surface area contributed by atoms with Crippen LogP contribution in [0, 0.1) is 5.41 Å². The number of unbranched alkanes of at least 4 members (excludes halogenated alkanes) is 9. The summed E-state index contributed by atoms with van der Waals surface area (Å²) >= 11 is 0. The Hall–Kier alpha value is -0.730. The molecule has 3 heteroatoms. The first-order valence-electron chi connectivity index (χ1n) is 10.9. The molecule has 1 heterocycles. The third-order valence-corrected chi connectivity index (χ3v) is 5.98. The van der Waals surface area contributed by atoms with E-state index in [1.54, 1.807) is 0 Å². The number of rotatable bonds is 12. The molecule has 0 bridgehead atoms. The zero-order valence-corrected chi connectivity index (χ0v) is 16.2. The molecule has 2 aliphatic rings. The van der Waals surface area contributed by atoms with Crippen molar-refractivity contribution in [2.24, 2.45) is 0 Å². The van der Waals surface area contributed by atoms with Gasteiger partial charge < -0.3 is 9.80 Å². The van der Waals surface area contributed by atoms with E-state index in [1.807, 2.05) is 0 Å². The molecule has 1 aliphatic heterocycles. The SMILES string of the molecule is CCCCCCCCCCCCN1CCN(C2CCCCC2)C1=N. The lowest BCUT2D eigenvalue weighted by molar-refractivity contribution is 0.259. The monoisotopic (exact) mass is 335 g/mol. The molecule has 24 heavy (non-hydrogen) atoms. The fourth-order valence-corrected chi connectivity index (χ4v) is 4.38. The lowest BCUT2D eigenvalue weighted by Crippen LogP contribution is -2.41. The van der Waals surface area contributed by atoms with Gasteiger partial charge in [0.15, 0.2) is 5.96 Å². The summed E-state index contributed by atoms with van der Waals surface area (Å²) in [5.41, 5.74) is 0. The first kappa shape index (κ1) is 19.6. The van der Waals surface area contributed by atoms with Gasteiger partial charge in [0, 0.05) is 25.7 Å². The van der Waals surface area contributed by atoms with E-state index in [0.29, 0.717) is 6.04 Å². The standard InChI is InChI=1S/C21H41N3/c1-2-3-4-5-6-7-8-9-10-14-17-23-18-19-24(21(23)22)20-15-12-11-13-16-20/h20,22H,2-19H2,1H3. The quantitative estimate of drug-likeness (QED) is 0.457. The van der Waals surface area contributed by atoms with Gasteiger partial charge in [0.2, 0.25) is 0 Å². The van der Waals surface area contributed by atoms with Gasteiger partial charge in [0.05, 0.1) is 0 Å². The van der Waals surface area contributed by atoms with Crippen LogP contribution in [0.3, 0.4) is 0 Å². The molecule has 0 spiro atoms. The van der Waals surface area contributed by atoms with E-state index < -0.39 is 0 Å². The minimum atomic E-state index is 0.670. The molecule has 1 saturated heterocycles. The molecule has 0 atom stereocenters. The zero-order chi connectivity index (χ0) is 17.0. The van der Waals surface area contributed by atoms with E-state index in [4.69, 9.17) is 5.41 Å². The second kappa shape index (κ2) is 11.8. The lowest BCUT2D eigenvalue weighted by atomic mass is 9.94. The number of hydrogen-bond donors (Lipinski definition) is 1. The summed E-state index contributed by atoms with van der Waals surface area (Å²) in [5.74, 6) is 0.831. The summed E-state index contributed by atoms with van der Waals surface area (Å²) in [6.07, 6.45) is 20.7. The van der Waals surface area contributed by atoms with Gasteiger partial charge in [0.25, 0.3) is 0 Å². The lowest BCUT2D eigenvalue weighted by Gasteiger charge is -2.32. The average molecular weight is 336 g/mol. The fraction of sp³-hybridized carbons (Fsp3) is 0.952. The third kappa shape index (κ3) is 6.64. The van der Waals surface area contributed by atoms with E-state index >= 15 is 0 Å². The second-order valence-electron chi connectivity index (χ2n) is 7.98. The highest BCUT2D eigenvalue weighted by molar-refractivity contribution is 5.79. The summed E-state index contributed by atoms with van der Waals surface area (Å²) in [6, 6.07) is 0.670. The van der Waals surface area contributed by atoms with Crippen molar-refractivity contribution in [2.75, 3.05) is 19.6 Å². The predicted octanol–water partition coefficient (Wildman–Crippen LogP) is 5.79. The Morgan fingerprint density at radius 3 is 2.00 bits per heavy atom. The highest BCUT2D eigenvalue weighted by Crippen LogP contribution is 2.25. The van der Waals surface area contributed by atoms with Crippen LogP contribution >= 0.6 is 0 Å². The van der Waals surface area contributed by atoms with Crippen molar-refractivity contribution < 1.29 is 0 Å². The Balaban J connectivity index is 1.47. The Labute approximate surface area is 150 Å². The molecule has 0 aromatic heterocycles. The molecule has 1 aliphatic carbocycles. The number of nitrogens with zero attached hydrogens (tertiary/aromatic N) is 2. The van der Waals surface area contributed by atoms with E-state index in [-0.39, 0.29) is 0 Å². The summed E-state index contributed by atoms with van der Waals surface area (Å²) in [6.45, 7) is 5.58. The summed E-state index contributed by atoms with van der Waals surface area (Å²) < 4.78 is 0. The largest absolute Gasteiger partial charge is 0.341 e. The molecule has 2 rings (SSSR count). The first-order chi connectivity index (χ1) is 11.8. The molecule has 1 saturated carbocycles. The summed E-state index contributed by atoms with van der Waals surface area (Å²) in [7, 11) is 0. The summed E-state index contributed by atoms with van der Waals surface area (Å²) in [4.78, 5) is 4.73. The van der Waals surface area contributed by atoms with Crippen molar-refractivity contribution in [3.05, 3.63) is 0 Å². The average Bonchev–Trinajstić information content (AvgIpc) is 2.98. The molecule has 0 aromatic rings. The van der Waals surface area contributed by atoms with Gasteiger partial charge in [-0.2, -0.15) is 0 Å². The predicted molar refractivity (Wildman–Crippen MR) is 105 cm³/mol. The van der Waals surface area contributed by atoms with Crippen molar-refractivity contribution >= 4 is 5.96 Å². The van der Waals surface area contributed by atoms with Gasteiger partial charge in [-0.1, -0.05) is 84.0 Å². The van der Waals surface area contributed by atoms with E-state index in [1.165, 1.54) is 96.3 Å². The molecule has 0 aromatic carbocycles. The molecule has 1 N–H and O–H groups in total. The van der Waals surface area contributed by atoms with Gasteiger partial charge >= 0.3 is 0 Å². The van der Waals surface area contributed by atoms with Crippen molar-refractivity contribution in [3.8, 4) is 0 Å². The van der Waals surface area contributed by atoms with E-state index in [2.05, 4.69) is 16.7 Å². The summed E-state index contributed by atoms with van der Waals surface area (Å²) in [5, 5.41) is 8.48. The van der Waals surface area contributed by atoms with Gasteiger partial charge in [-0.15, -0.1) is 0 Å². The van der Waals surface area contributed by atoms with Crippen LogP contribution in [-0.4, -0.2) is 41.4 Å². The van der Waals surface area contributed by atoms with Crippen molar-refractivity contribution in [1.29, 1.82) is 5.41 Å². The molecule has 3 nitrogen and oxygen atoms in total. The van der Waals surface area contributed by atoms with Crippen LogP contribution in [0.5, 0.6) is 0 Å². The van der Waals surface area contributed by atoms with Crippen molar-refractivity contribution in [1.82, 2.24) is 9.80 Å². The Kier molecular flexibility index (Phi) is 9.60. The minimum absolute atomic E-state index is 0.670. The van der Waals surface area contributed by atoms with Gasteiger partial charge in [-0.3, -0.25) is 5.41 Å². The van der Waals surface area contributed by atoms with Crippen LogP contribution in [0.15, 0.2) is 0 Å². The highest BCUT2D eigenvalue weighted by atomic mass is 15.4. The maximum absolute atomic E-state index is 8.48. The smallest absolute Gasteiger partial charge is 0.194 e. The second-order valence-corrected chi connectivity index (χ2v) is 7.98. The molecule has 0 unspecified atom stereocenters. The topological polar surface area (TPSA) is 30.3 Å². The zero-order valence-electron chi connectivity index (χ0n) is 16.2. The Bertz CT molecular complexity index is 336.